The molecule has 0 bridgehead atoms. The van der Waals surface area contributed by atoms with Gasteiger partial charge in [-0.1, -0.05) is 0 Å². The third-order valence-corrected chi connectivity index (χ3v) is 1.70. The van der Waals surface area contributed by atoms with Crippen molar-refractivity contribution < 1.29 is 19.1 Å². The molecule has 100 valence electrons. The van der Waals surface area contributed by atoms with Crippen molar-refractivity contribution >= 4 is 11.9 Å². The van der Waals surface area contributed by atoms with E-state index in [-0.39, 0.29) is 12.6 Å². The molecule has 0 aliphatic carbocycles. The Hall–Kier alpha value is -1.14. The van der Waals surface area contributed by atoms with Crippen molar-refractivity contribution in [2.75, 3.05) is 19.8 Å². The fourth-order valence-electron chi connectivity index (χ4n) is 0.994. The fraction of sp³-hybridized carbons (Fsp3) is 0.818. The lowest BCUT2D eigenvalue weighted by molar-refractivity contribution is -0.157. The van der Waals surface area contributed by atoms with E-state index in [0.29, 0.717) is 13.2 Å². The molecule has 1 unspecified atom stereocenters. The Morgan fingerprint density at radius 2 is 1.94 bits per heavy atom. The Bertz CT molecular complexity index is 261. The smallest absolute Gasteiger partial charge is 0.323 e. The van der Waals surface area contributed by atoms with E-state index in [1.165, 1.54) is 0 Å². The molecule has 0 heterocycles. The summed E-state index contributed by atoms with van der Waals surface area (Å²) in [6.45, 7) is 7.81. The summed E-state index contributed by atoms with van der Waals surface area (Å²) in [5.41, 5.74) is 4.40. The van der Waals surface area contributed by atoms with Crippen LogP contribution in [0.3, 0.4) is 0 Å². The Morgan fingerprint density at radius 3 is 2.41 bits per heavy atom. The van der Waals surface area contributed by atoms with E-state index in [2.05, 4.69) is 5.32 Å². The fourth-order valence-corrected chi connectivity index (χ4v) is 0.994. The van der Waals surface area contributed by atoms with Crippen molar-refractivity contribution in [3.8, 4) is 0 Å². The molecule has 0 aliphatic heterocycles. The van der Waals surface area contributed by atoms with Gasteiger partial charge in [0.05, 0.1) is 6.61 Å². The van der Waals surface area contributed by atoms with Gasteiger partial charge in [0.25, 0.3) is 0 Å². The minimum absolute atomic E-state index is 0.109. The molecular formula is C11H22N2O4. The average Bonchev–Trinajstić information content (AvgIpc) is 2.13. The number of carbonyl (C=O) groups is 2. The molecule has 1 atom stereocenters. The van der Waals surface area contributed by atoms with Gasteiger partial charge in [0.2, 0.25) is 5.91 Å². The maximum absolute atomic E-state index is 11.5. The third kappa shape index (κ3) is 9.77. The zero-order valence-corrected chi connectivity index (χ0v) is 10.9. The number of hydrogen-bond acceptors (Lipinski definition) is 5. The number of hydrogen-bond donors (Lipinski definition) is 2. The number of nitrogens with one attached hydrogen (secondary N) is 1. The maximum Gasteiger partial charge on any atom is 0.323 e. The van der Waals surface area contributed by atoms with Gasteiger partial charge in [-0.25, -0.2) is 0 Å². The molecule has 1 amide bonds. The minimum Gasteiger partial charge on any atom is -0.459 e. The van der Waals surface area contributed by atoms with Crippen molar-refractivity contribution in [3.63, 3.8) is 0 Å². The molecular weight excluding hydrogens is 224 g/mol. The number of carbonyl (C=O) groups excluding carboxylic acids is 2. The molecule has 0 saturated carbocycles. The third-order valence-electron chi connectivity index (χ3n) is 1.70. The highest BCUT2D eigenvalue weighted by Gasteiger charge is 2.20. The van der Waals surface area contributed by atoms with Gasteiger partial charge in [0.15, 0.2) is 0 Å². The lowest BCUT2D eigenvalue weighted by Crippen LogP contribution is -2.40. The zero-order valence-electron chi connectivity index (χ0n) is 10.9. The molecule has 0 spiro atoms. The normalized spacial score (nSPS) is 13.2. The first kappa shape index (κ1) is 15.9. The molecule has 0 fully saturated rings. The average molecular weight is 246 g/mol. The van der Waals surface area contributed by atoms with Crippen LogP contribution in [0.25, 0.3) is 0 Å². The standard InChI is InChI=1S/C11H22N2O4/c1-8(10(15)17-11(2,3)4)13-5-6-16-7-9(12)14/h8,13H,5-7H2,1-4H3,(H2,12,14). The quantitative estimate of drug-likeness (QED) is 0.480. The van der Waals surface area contributed by atoms with E-state index in [1.807, 2.05) is 20.8 Å². The molecule has 3 N–H and O–H groups in total. The van der Waals surface area contributed by atoms with Gasteiger partial charge < -0.3 is 20.5 Å². The second kappa shape index (κ2) is 7.24. The lowest BCUT2D eigenvalue weighted by Gasteiger charge is -2.22. The molecule has 6 heteroatoms. The summed E-state index contributed by atoms with van der Waals surface area (Å²) < 4.78 is 10.1. The first-order valence-corrected chi connectivity index (χ1v) is 5.54. The first-order chi connectivity index (χ1) is 7.72. The van der Waals surface area contributed by atoms with Gasteiger partial charge in [-0.2, -0.15) is 0 Å². The molecule has 0 saturated heterocycles. The van der Waals surface area contributed by atoms with Crippen LogP contribution in [0.1, 0.15) is 27.7 Å². The van der Waals surface area contributed by atoms with Crippen molar-refractivity contribution in [2.45, 2.75) is 39.3 Å². The second-order valence-electron chi connectivity index (χ2n) is 4.73. The van der Waals surface area contributed by atoms with E-state index in [1.54, 1.807) is 6.92 Å². The largest absolute Gasteiger partial charge is 0.459 e. The summed E-state index contributed by atoms with van der Waals surface area (Å²) in [7, 11) is 0. The number of ether oxygens (including phenoxy) is 2. The van der Waals surface area contributed by atoms with Crippen molar-refractivity contribution in [1.29, 1.82) is 0 Å². The van der Waals surface area contributed by atoms with E-state index in [4.69, 9.17) is 15.2 Å². The number of esters is 1. The summed E-state index contributed by atoms with van der Waals surface area (Å²) in [5.74, 6) is -0.822. The van der Waals surface area contributed by atoms with Gasteiger partial charge in [0, 0.05) is 6.54 Å². The topological polar surface area (TPSA) is 90.6 Å². The van der Waals surface area contributed by atoms with Crippen LogP contribution in [-0.2, 0) is 19.1 Å². The van der Waals surface area contributed by atoms with Crippen molar-refractivity contribution in [1.82, 2.24) is 5.32 Å². The van der Waals surface area contributed by atoms with Crippen LogP contribution in [-0.4, -0.2) is 43.3 Å². The van der Waals surface area contributed by atoms with Gasteiger partial charge in [0.1, 0.15) is 18.2 Å². The summed E-state index contributed by atoms with van der Waals surface area (Å²) in [6, 6.07) is -0.411. The van der Waals surface area contributed by atoms with E-state index >= 15 is 0 Å². The van der Waals surface area contributed by atoms with Crippen LogP contribution in [0.2, 0.25) is 0 Å². The highest BCUT2D eigenvalue weighted by molar-refractivity contribution is 5.75. The predicted molar refractivity (Wildman–Crippen MR) is 63.3 cm³/mol. The molecule has 17 heavy (non-hydrogen) atoms. The Labute approximate surface area is 102 Å². The molecule has 6 nitrogen and oxygen atoms in total. The van der Waals surface area contributed by atoms with Crippen LogP contribution < -0.4 is 11.1 Å². The van der Waals surface area contributed by atoms with Crippen LogP contribution in [0, 0.1) is 0 Å². The highest BCUT2D eigenvalue weighted by atomic mass is 16.6. The first-order valence-electron chi connectivity index (χ1n) is 5.54. The monoisotopic (exact) mass is 246 g/mol. The SMILES string of the molecule is CC(NCCOCC(N)=O)C(=O)OC(C)(C)C. The molecule has 0 rings (SSSR count). The van der Waals surface area contributed by atoms with E-state index in [9.17, 15) is 9.59 Å². The van der Waals surface area contributed by atoms with Crippen LogP contribution in [0.4, 0.5) is 0 Å². The van der Waals surface area contributed by atoms with Gasteiger partial charge in [-0.3, -0.25) is 9.59 Å². The lowest BCUT2D eigenvalue weighted by atomic mass is 10.2. The van der Waals surface area contributed by atoms with Crippen LogP contribution in [0.5, 0.6) is 0 Å². The number of amides is 1. The summed E-state index contributed by atoms with van der Waals surface area (Å²) >= 11 is 0. The zero-order chi connectivity index (χ0) is 13.5. The minimum atomic E-state index is -0.509. The van der Waals surface area contributed by atoms with Crippen LogP contribution >= 0.6 is 0 Å². The van der Waals surface area contributed by atoms with E-state index in [0.717, 1.165) is 0 Å². The van der Waals surface area contributed by atoms with Crippen LogP contribution in [0.15, 0.2) is 0 Å². The molecule has 0 radical (unpaired) electrons. The maximum atomic E-state index is 11.5. The second-order valence-corrected chi connectivity index (χ2v) is 4.73. The van der Waals surface area contributed by atoms with E-state index < -0.39 is 17.6 Å². The Kier molecular flexibility index (Phi) is 6.75. The number of rotatable bonds is 7. The van der Waals surface area contributed by atoms with Gasteiger partial charge in [-0.15, -0.1) is 0 Å². The van der Waals surface area contributed by atoms with Crippen molar-refractivity contribution in [2.24, 2.45) is 5.73 Å². The molecule has 0 aromatic heterocycles. The highest BCUT2D eigenvalue weighted by Crippen LogP contribution is 2.07. The summed E-state index contributed by atoms with van der Waals surface area (Å²) in [5, 5.41) is 2.93. The van der Waals surface area contributed by atoms with Gasteiger partial charge in [-0.05, 0) is 27.7 Å². The predicted octanol–water partition coefficient (Wildman–Crippen LogP) is -0.192. The number of primary amides is 1. The van der Waals surface area contributed by atoms with Gasteiger partial charge >= 0.3 is 5.97 Å². The summed E-state index contributed by atoms with van der Waals surface area (Å²) in [6.07, 6.45) is 0. The Morgan fingerprint density at radius 1 is 1.35 bits per heavy atom. The molecule has 0 aromatic rings. The Balaban J connectivity index is 3.68. The molecule has 0 aliphatic rings. The molecule has 0 aromatic carbocycles. The van der Waals surface area contributed by atoms with Crippen molar-refractivity contribution in [3.05, 3.63) is 0 Å². The summed E-state index contributed by atoms with van der Waals surface area (Å²) in [4.78, 5) is 21.9. The number of nitrogens with two attached hydrogens (primary N) is 1.